The zero-order chi connectivity index (χ0) is 11.5. The lowest BCUT2D eigenvalue weighted by atomic mass is 10.1. The van der Waals surface area contributed by atoms with E-state index >= 15 is 0 Å². The lowest BCUT2D eigenvalue weighted by Gasteiger charge is -2.11. The number of hydrogen-bond donors (Lipinski definition) is 0. The Bertz CT molecular complexity index is 382. The van der Waals surface area contributed by atoms with Crippen molar-refractivity contribution in [2.75, 3.05) is 19.2 Å². The molecule has 0 aromatic heterocycles. The lowest BCUT2D eigenvalue weighted by Crippen LogP contribution is -2.05. The Morgan fingerprint density at radius 3 is 2.69 bits per heavy atom. The van der Waals surface area contributed by atoms with Gasteiger partial charge in [0.2, 0.25) is 6.79 Å². The molecule has 1 aromatic rings. The molecule has 0 aliphatic carbocycles. The van der Waals surface area contributed by atoms with E-state index < -0.39 is 0 Å². The van der Waals surface area contributed by atoms with Crippen molar-refractivity contribution in [3.63, 3.8) is 0 Å². The zero-order valence-corrected chi connectivity index (χ0v) is 12.0. The molecule has 0 amide bonds. The van der Waals surface area contributed by atoms with E-state index in [4.69, 9.17) is 14.2 Å². The van der Waals surface area contributed by atoms with E-state index in [1.807, 2.05) is 12.1 Å². The van der Waals surface area contributed by atoms with Crippen molar-refractivity contribution in [1.29, 1.82) is 0 Å². The highest BCUT2D eigenvalue weighted by Gasteiger charge is 2.18. The van der Waals surface area contributed by atoms with Crippen molar-refractivity contribution >= 4 is 31.9 Å². The van der Waals surface area contributed by atoms with Crippen LogP contribution in [-0.4, -0.2) is 24.1 Å². The first-order chi connectivity index (χ1) is 7.74. The molecule has 0 spiro atoms. The number of halogens is 2. The van der Waals surface area contributed by atoms with Gasteiger partial charge >= 0.3 is 0 Å². The number of ether oxygens (including phenoxy) is 3. The van der Waals surface area contributed by atoms with Crippen LogP contribution in [0.3, 0.4) is 0 Å². The van der Waals surface area contributed by atoms with Gasteiger partial charge in [0.15, 0.2) is 11.5 Å². The minimum Gasteiger partial charge on any atom is -0.496 e. The van der Waals surface area contributed by atoms with Gasteiger partial charge in [-0.1, -0.05) is 31.9 Å². The predicted molar refractivity (Wildman–Crippen MR) is 69.3 cm³/mol. The minimum absolute atomic E-state index is 0.290. The average Bonchev–Trinajstić information content (AvgIpc) is 2.74. The molecular formula is C11H12Br2O3. The summed E-state index contributed by atoms with van der Waals surface area (Å²) in [6, 6.07) is 3.86. The van der Waals surface area contributed by atoms with E-state index in [-0.39, 0.29) is 6.79 Å². The maximum Gasteiger partial charge on any atom is 0.231 e. The van der Waals surface area contributed by atoms with E-state index in [0.29, 0.717) is 4.83 Å². The molecule has 1 aliphatic heterocycles. The first kappa shape index (κ1) is 12.0. The maximum atomic E-state index is 5.35. The number of fused-ring (bicyclic) bond motifs is 1. The van der Waals surface area contributed by atoms with Crippen LogP contribution in [0.25, 0.3) is 0 Å². The number of methoxy groups -OCH3 is 1. The fraction of sp³-hybridized carbons (Fsp3) is 0.455. The Balaban J connectivity index is 2.28. The Morgan fingerprint density at radius 2 is 2.06 bits per heavy atom. The number of hydrogen-bond acceptors (Lipinski definition) is 3. The molecule has 2 rings (SSSR count). The smallest absolute Gasteiger partial charge is 0.231 e. The van der Waals surface area contributed by atoms with Crippen molar-refractivity contribution in [3.8, 4) is 17.2 Å². The van der Waals surface area contributed by atoms with Crippen LogP contribution in [0.4, 0.5) is 0 Å². The Hall–Kier alpha value is -0.420. The van der Waals surface area contributed by atoms with Crippen molar-refractivity contribution in [3.05, 3.63) is 17.7 Å². The lowest BCUT2D eigenvalue weighted by molar-refractivity contribution is 0.174. The molecule has 1 atom stereocenters. The van der Waals surface area contributed by atoms with Crippen LogP contribution < -0.4 is 14.2 Å². The zero-order valence-electron chi connectivity index (χ0n) is 8.83. The largest absolute Gasteiger partial charge is 0.496 e. The van der Waals surface area contributed by atoms with Crippen molar-refractivity contribution < 1.29 is 14.2 Å². The van der Waals surface area contributed by atoms with E-state index in [0.717, 1.165) is 34.6 Å². The van der Waals surface area contributed by atoms with Gasteiger partial charge in [-0.15, -0.1) is 0 Å². The number of rotatable bonds is 4. The van der Waals surface area contributed by atoms with Crippen LogP contribution in [0, 0.1) is 0 Å². The fourth-order valence-electron chi connectivity index (χ4n) is 1.61. The Kier molecular flexibility index (Phi) is 3.97. The van der Waals surface area contributed by atoms with E-state index in [2.05, 4.69) is 31.9 Å². The first-order valence-corrected chi connectivity index (χ1v) is 6.95. The van der Waals surface area contributed by atoms with E-state index in [9.17, 15) is 0 Å². The van der Waals surface area contributed by atoms with Gasteiger partial charge < -0.3 is 14.2 Å². The summed E-state index contributed by atoms with van der Waals surface area (Å²) < 4.78 is 16.0. The highest BCUT2D eigenvalue weighted by atomic mass is 79.9. The van der Waals surface area contributed by atoms with Gasteiger partial charge in [-0.25, -0.2) is 0 Å². The molecule has 88 valence electrons. The summed E-state index contributed by atoms with van der Waals surface area (Å²) in [6.07, 6.45) is 0.880. The molecule has 16 heavy (non-hydrogen) atoms. The molecule has 0 bridgehead atoms. The van der Waals surface area contributed by atoms with Gasteiger partial charge in [0.05, 0.1) is 7.11 Å². The average molecular weight is 352 g/mol. The Labute approximate surface area is 111 Å². The normalized spacial score (nSPS) is 14.9. The first-order valence-electron chi connectivity index (χ1n) is 4.91. The van der Waals surface area contributed by atoms with E-state index in [1.54, 1.807) is 7.11 Å². The van der Waals surface area contributed by atoms with Gasteiger partial charge in [0.25, 0.3) is 0 Å². The highest BCUT2D eigenvalue weighted by Crippen LogP contribution is 2.38. The molecule has 5 heteroatoms. The van der Waals surface area contributed by atoms with Gasteiger partial charge in [-0.2, -0.15) is 0 Å². The van der Waals surface area contributed by atoms with Crippen molar-refractivity contribution in [2.45, 2.75) is 11.2 Å². The molecular weight excluding hydrogens is 340 g/mol. The highest BCUT2D eigenvalue weighted by molar-refractivity contribution is 9.12. The van der Waals surface area contributed by atoms with Gasteiger partial charge in [-0.3, -0.25) is 0 Å². The maximum absolute atomic E-state index is 5.35. The standard InChI is InChI=1S/C11H12Br2O3/c1-14-9-4-11-10(15-6-16-11)3-7(9)2-8(13)5-12/h3-4,8H,2,5-6H2,1H3/t8-/m1/s1. The molecule has 1 aliphatic rings. The van der Waals surface area contributed by atoms with Crippen LogP contribution >= 0.6 is 31.9 Å². The molecule has 0 saturated carbocycles. The molecule has 1 aromatic carbocycles. The molecule has 0 saturated heterocycles. The Morgan fingerprint density at radius 1 is 1.38 bits per heavy atom. The van der Waals surface area contributed by atoms with Crippen LogP contribution in [0.15, 0.2) is 12.1 Å². The summed E-state index contributed by atoms with van der Waals surface area (Å²) in [4.78, 5) is 0.377. The SMILES string of the molecule is COc1cc2c(cc1C[C@@H](Br)CBr)OCO2. The summed E-state index contributed by atoms with van der Waals surface area (Å²) in [6.45, 7) is 0.290. The van der Waals surface area contributed by atoms with Crippen molar-refractivity contribution in [2.24, 2.45) is 0 Å². The monoisotopic (exact) mass is 350 g/mol. The second-order valence-electron chi connectivity index (χ2n) is 3.47. The second kappa shape index (κ2) is 5.27. The van der Waals surface area contributed by atoms with Crippen LogP contribution in [0.2, 0.25) is 0 Å². The van der Waals surface area contributed by atoms with Crippen LogP contribution in [-0.2, 0) is 6.42 Å². The van der Waals surface area contributed by atoms with Crippen LogP contribution in [0.1, 0.15) is 5.56 Å². The molecule has 0 fully saturated rings. The van der Waals surface area contributed by atoms with Gasteiger partial charge in [-0.05, 0) is 18.1 Å². The number of alkyl halides is 2. The van der Waals surface area contributed by atoms with E-state index in [1.165, 1.54) is 0 Å². The molecule has 3 nitrogen and oxygen atoms in total. The summed E-state index contributed by atoms with van der Waals surface area (Å²) >= 11 is 7.02. The summed E-state index contributed by atoms with van der Waals surface area (Å²) in [5, 5.41) is 0.893. The van der Waals surface area contributed by atoms with Gasteiger partial charge in [0.1, 0.15) is 5.75 Å². The third-order valence-corrected chi connectivity index (χ3v) is 4.68. The third-order valence-electron chi connectivity index (χ3n) is 2.38. The summed E-state index contributed by atoms with van der Waals surface area (Å²) in [5.74, 6) is 2.39. The predicted octanol–water partition coefficient (Wildman–Crippen LogP) is 3.12. The number of benzene rings is 1. The fourth-order valence-corrected chi connectivity index (χ4v) is 2.19. The second-order valence-corrected chi connectivity index (χ2v) is 5.42. The summed E-state index contributed by atoms with van der Waals surface area (Å²) in [5.41, 5.74) is 1.12. The molecule has 1 heterocycles. The third kappa shape index (κ3) is 2.46. The van der Waals surface area contributed by atoms with Crippen molar-refractivity contribution in [1.82, 2.24) is 0 Å². The molecule has 0 radical (unpaired) electrons. The summed E-state index contributed by atoms with van der Waals surface area (Å²) in [7, 11) is 1.67. The quantitative estimate of drug-likeness (QED) is 0.780. The van der Waals surface area contributed by atoms with Crippen LogP contribution in [0.5, 0.6) is 17.2 Å². The minimum atomic E-state index is 0.290. The van der Waals surface area contributed by atoms with Gasteiger partial charge in [0, 0.05) is 16.2 Å². The topological polar surface area (TPSA) is 27.7 Å². The molecule has 0 N–H and O–H groups in total. The molecule has 0 unspecified atom stereocenters.